The van der Waals surface area contributed by atoms with Crippen LogP contribution in [0.2, 0.25) is 0 Å². The number of ether oxygens (including phenoxy) is 2. The Labute approximate surface area is 144 Å². The van der Waals surface area contributed by atoms with Crippen LogP contribution in [0.15, 0.2) is 11.0 Å². The van der Waals surface area contributed by atoms with Gasteiger partial charge in [-0.05, 0) is 31.9 Å². The van der Waals surface area contributed by atoms with Crippen molar-refractivity contribution in [2.45, 2.75) is 57.8 Å². The van der Waals surface area contributed by atoms with Crippen molar-refractivity contribution in [1.82, 2.24) is 9.88 Å². The summed E-state index contributed by atoms with van der Waals surface area (Å²) < 4.78 is 39.7. The Morgan fingerprint density at radius 3 is 2.72 bits per heavy atom. The highest BCUT2D eigenvalue weighted by Crippen LogP contribution is 2.42. The molecular weight excluding hydrogens is 334 g/mol. The van der Waals surface area contributed by atoms with E-state index in [-0.39, 0.29) is 31.9 Å². The first-order chi connectivity index (χ1) is 11.6. The minimum absolute atomic E-state index is 0.0690. The third-order valence-corrected chi connectivity index (χ3v) is 4.49. The van der Waals surface area contributed by atoms with Gasteiger partial charge in [0.1, 0.15) is 5.60 Å². The molecule has 0 bridgehead atoms. The summed E-state index contributed by atoms with van der Waals surface area (Å²) in [5.74, 6) is -4.19. The van der Waals surface area contributed by atoms with Crippen LogP contribution in [0.3, 0.4) is 0 Å². The van der Waals surface area contributed by atoms with Crippen LogP contribution in [-0.2, 0) is 22.7 Å². The summed E-state index contributed by atoms with van der Waals surface area (Å²) in [4.78, 5) is 27.9. The Kier molecular flexibility index (Phi) is 4.35. The van der Waals surface area contributed by atoms with Gasteiger partial charge in [-0.25, -0.2) is 13.6 Å². The lowest BCUT2D eigenvalue weighted by Gasteiger charge is -2.39. The summed E-state index contributed by atoms with van der Waals surface area (Å²) in [5.41, 5.74) is 0.228. The van der Waals surface area contributed by atoms with Crippen LogP contribution < -0.4 is 5.56 Å². The summed E-state index contributed by atoms with van der Waals surface area (Å²) in [5, 5.41) is 0. The summed E-state index contributed by atoms with van der Waals surface area (Å²) in [7, 11) is 0. The zero-order valence-corrected chi connectivity index (χ0v) is 14.5. The lowest BCUT2D eigenvalue weighted by atomic mass is 9.85. The molecule has 1 aromatic rings. The highest BCUT2D eigenvalue weighted by atomic mass is 19.3. The van der Waals surface area contributed by atoms with Crippen LogP contribution in [0.5, 0.6) is 0 Å². The number of piperidine rings is 1. The lowest BCUT2D eigenvalue weighted by Crippen LogP contribution is -2.49. The Morgan fingerprint density at radius 1 is 1.36 bits per heavy atom. The highest BCUT2D eigenvalue weighted by Gasteiger charge is 2.48. The monoisotopic (exact) mass is 356 g/mol. The fourth-order valence-corrected chi connectivity index (χ4v) is 3.24. The number of carbonyl (C=O) groups excluding carboxylic acids is 1. The average Bonchev–Trinajstić information content (AvgIpc) is 2.96. The van der Waals surface area contributed by atoms with Gasteiger partial charge in [0.25, 0.3) is 11.5 Å². The zero-order chi connectivity index (χ0) is 18.4. The van der Waals surface area contributed by atoms with E-state index >= 15 is 0 Å². The minimum atomic E-state index is -2.98. The van der Waals surface area contributed by atoms with Crippen molar-refractivity contribution in [1.29, 1.82) is 0 Å². The van der Waals surface area contributed by atoms with Crippen molar-refractivity contribution >= 4 is 6.09 Å². The molecule has 0 aliphatic carbocycles. The van der Waals surface area contributed by atoms with Gasteiger partial charge in [-0.1, -0.05) is 0 Å². The standard InChI is InChI=1S/C17H22F2N2O4/c1-16(2,3)25-15(23)21-5-4-17(18,19)13(7-21)10-6-20-14(22)12-9-24-8-11(10)12/h6,13H,4-5,7-9H2,1-3H3,(H,20,22). The maximum absolute atomic E-state index is 14.6. The van der Waals surface area contributed by atoms with E-state index in [1.165, 1.54) is 11.1 Å². The summed E-state index contributed by atoms with van der Waals surface area (Å²) in [6.07, 6.45) is 0.268. The third-order valence-electron chi connectivity index (χ3n) is 4.49. The van der Waals surface area contributed by atoms with Gasteiger partial charge in [0.2, 0.25) is 0 Å². The molecule has 1 amide bonds. The fraction of sp³-hybridized carbons (Fsp3) is 0.647. The molecule has 138 valence electrons. The molecule has 2 aliphatic heterocycles. The second-order valence-corrected chi connectivity index (χ2v) is 7.51. The first-order valence-electron chi connectivity index (χ1n) is 8.25. The zero-order valence-electron chi connectivity index (χ0n) is 14.5. The van der Waals surface area contributed by atoms with E-state index in [0.717, 1.165) is 0 Å². The predicted molar refractivity (Wildman–Crippen MR) is 85.7 cm³/mol. The van der Waals surface area contributed by atoms with Crippen LogP contribution >= 0.6 is 0 Å². The number of likely N-dealkylation sites (tertiary alicyclic amines) is 1. The molecule has 1 saturated heterocycles. The maximum Gasteiger partial charge on any atom is 0.410 e. The molecule has 1 aromatic heterocycles. The van der Waals surface area contributed by atoms with Gasteiger partial charge in [-0.3, -0.25) is 4.79 Å². The number of aromatic nitrogens is 1. The number of hydrogen-bond donors (Lipinski definition) is 1. The topological polar surface area (TPSA) is 71.6 Å². The van der Waals surface area contributed by atoms with Gasteiger partial charge in [0.05, 0.1) is 19.1 Å². The second-order valence-electron chi connectivity index (χ2n) is 7.51. The van der Waals surface area contributed by atoms with E-state index in [2.05, 4.69) is 4.98 Å². The van der Waals surface area contributed by atoms with Crippen molar-refractivity contribution in [3.8, 4) is 0 Å². The average molecular weight is 356 g/mol. The first kappa shape index (κ1) is 17.8. The van der Waals surface area contributed by atoms with Crippen molar-refractivity contribution in [2.75, 3.05) is 13.1 Å². The van der Waals surface area contributed by atoms with E-state index in [9.17, 15) is 18.4 Å². The molecule has 0 aromatic carbocycles. The lowest BCUT2D eigenvalue weighted by molar-refractivity contribution is -0.0774. The van der Waals surface area contributed by atoms with E-state index in [1.807, 2.05) is 0 Å². The number of H-pyrrole nitrogens is 1. The molecule has 0 radical (unpaired) electrons. The molecule has 3 heterocycles. The SMILES string of the molecule is CC(C)(C)OC(=O)N1CCC(F)(F)C(c2c[nH]c(=O)c3c2COC3)C1. The van der Waals surface area contributed by atoms with Crippen LogP contribution in [-0.4, -0.2) is 40.6 Å². The number of carbonyl (C=O) groups is 1. The molecule has 0 saturated carbocycles. The van der Waals surface area contributed by atoms with Gasteiger partial charge in [0.15, 0.2) is 0 Å². The molecule has 6 nitrogen and oxygen atoms in total. The molecule has 1 fully saturated rings. The van der Waals surface area contributed by atoms with E-state index in [4.69, 9.17) is 9.47 Å². The number of hydrogen-bond acceptors (Lipinski definition) is 4. The summed E-state index contributed by atoms with van der Waals surface area (Å²) in [6.45, 7) is 5.20. The van der Waals surface area contributed by atoms with Gasteiger partial charge < -0.3 is 19.4 Å². The number of aromatic amines is 1. The molecule has 2 aliphatic rings. The Bertz CT molecular complexity index is 739. The molecule has 1 atom stereocenters. The second kappa shape index (κ2) is 6.09. The van der Waals surface area contributed by atoms with Crippen LogP contribution in [0.1, 0.15) is 49.8 Å². The van der Waals surface area contributed by atoms with Crippen LogP contribution in [0.4, 0.5) is 13.6 Å². The number of alkyl halides is 2. The molecule has 3 rings (SSSR count). The van der Waals surface area contributed by atoms with E-state index in [1.54, 1.807) is 20.8 Å². The Balaban J connectivity index is 1.90. The highest BCUT2D eigenvalue weighted by molar-refractivity contribution is 5.68. The molecule has 0 spiro atoms. The van der Waals surface area contributed by atoms with Gasteiger partial charge in [-0.2, -0.15) is 0 Å². The number of nitrogens with one attached hydrogen (secondary N) is 1. The quantitative estimate of drug-likeness (QED) is 0.840. The number of halogens is 2. The Hall–Kier alpha value is -1.96. The predicted octanol–water partition coefficient (Wildman–Crippen LogP) is 2.76. The molecule has 1 unspecified atom stereocenters. The van der Waals surface area contributed by atoms with E-state index < -0.39 is 30.0 Å². The van der Waals surface area contributed by atoms with Crippen molar-refractivity contribution in [3.05, 3.63) is 33.2 Å². The van der Waals surface area contributed by atoms with Gasteiger partial charge >= 0.3 is 6.09 Å². The number of rotatable bonds is 1. The normalized spacial score (nSPS) is 22.6. The van der Waals surface area contributed by atoms with Crippen molar-refractivity contribution < 1.29 is 23.0 Å². The number of fused-ring (bicyclic) bond motifs is 1. The van der Waals surface area contributed by atoms with E-state index in [0.29, 0.717) is 16.7 Å². The first-order valence-corrected chi connectivity index (χ1v) is 8.25. The number of amides is 1. The minimum Gasteiger partial charge on any atom is -0.444 e. The van der Waals surface area contributed by atoms with Crippen molar-refractivity contribution in [3.63, 3.8) is 0 Å². The van der Waals surface area contributed by atoms with Gasteiger partial charge in [-0.15, -0.1) is 0 Å². The number of nitrogens with zero attached hydrogens (tertiary/aromatic N) is 1. The molecular formula is C17H22F2N2O4. The largest absolute Gasteiger partial charge is 0.444 e. The maximum atomic E-state index is 14.6. The third kappa shape index (κ3) is 3.53. The summed E-state index contributed by atoms with van der Waals surface area (Å²) in [6, 6.07) is 0. The van der Waals surface area contributed by atoms with Crippen molar-refractivity contribution in [2.24, 2.45) is 0 Å². The molecule has 25 heavy (non-hydrogen) atoms. The smallest absolute Gasteiger partial charge is 0.410 e. The fourth-order valence-electron chi connectivity index (χ4n) is 3.24. The molecule has 1 N–H and O–H groups in total. The molecule has 8 heteroatoms. The van der Waals surface area contributed by atoms with Gasteiger partial charge in [0, 0.05) is 31.3 Å². The van der Waals surface area contributed by atoms with Crippen LogP contribution in [0, 0.1) is 0 Å². The van der Waals surface area contributed by atoms with Crippen LogP contribution in [0.25, 0.3) is 0 Å². The number of pyridine rings is 1. The Morgan fingerprint density at radius 2 is 2.04 bits per heavy atom. The summed E-state index contributed by atoms with van der Waals surface area (Å²) >= 11 is 0.